The van der Waals surface area contributed by atoms with Gasteiger partial charge in [0.15, 0.2) is 0 Å². The Hall–Kier alpha value is -1.43. The fourth-order valence-electron chi connectivity index (χ4n) is 1.28. The molecular formula is C10H11FN4S. The Bertz CT molecular complexity index is 468. The molecule has 0 aliphatic rings. The molecule has 16 heavy (non-hydrogen) atoms. The lowest BCUT2D eigenvalue weighted by molar-refractivity contribution is 0.627. The number of hydrogen-bond donors (Lipinski definition) is 0. The molecule has 0 saturated heterocycles. The SMILES string of the molecule is CC(Sc1nnnn1C)c1ccc(F)cc1. The summed E-state index contributed by atoms with van der Waals surface area (Å²) >= 11 is 1.54. The van der Waals surface area contributed by atoms with Gasteiger partial charge in [-0.2, -0.15) is 0 Å². The largest absolute Gasteiger partial charge is 0.224 e. The van der Waals surface area contributed by atoms with Crippen LogP contribution in [0.2, 0.25) is 0 Å². The van der Waals surface area contributed by atoms with Crippen LogP contribution in [0.1, 0.15) is 17.7 Å². The second-order valence-electron chi connectivity index (χ2n) is 3.40. The summed E-state index contributed by atoms with van der Waals surface area (Å²) in [4.78, 5) is 0. The van der Waals surface area contributed by atoms with Crippen molar-refractivity contribution < 1.29 is 4.39 Å². The van der Waals surface area contributed by atoms with E-state index in [-0.39, 0.29) is 11.1 Å². The molecule has 0 spiro atoms. The second-order valence-corrected chi connectivity index (χ2v) is 4.70. The van der Waals surface area contributed by atoms with Crippen molar-refractivity contribution in [3.8, 4) is 0 Å². The second kappa shape index (κ2) is 4.61. The molecule has 2 rings (SSSR count). The van der Waals surface area contributed by atoms with Gasteiger partial charge >= 0.3 is 0 Å². The van der Waals surface area contributed by atoms with E-state index in [1.54, 1.807) is 35.6 Å². The third-order valence-corrected chi connectivity index (χ3v) is 3.39. The Morgan fingerprint density at radius 2 is 2.00 bits per heavy atom. The van der Waals surface area contributed by atoms with Crippen LogP contribution in [-0.2, 0) is 7.05 Å². The van der Waals surface area contributed by atoms with Crippen LogP contribution in [-0.4, -0.2) is 20.2 Å². The van der Waals surface area contributed by atoms with E-state index in [1.807, 2.05) is 6.92 Å². The minimum Gasteiger partial charge on any atom is -0.224 e. The van der Waals surface area contributed by atoms with Gasteiger partial charge in [0, 0.05) is 12.3 Å². The minimum absolute atomic E-state index is 0.185. The lowest BCUT2D eigenvalue weighted by Crippen LogP contribution is -1.96. The maximum atomic E-state index is 12.7. The third-order valence-electron chi connectivity index (χ3n) is 2.20. The molecule has 1 aromatic heterocycles. The molecule has 0 amide bonds. The van der Waals surface area contributed by atoms with Gasteiger partial charge in [0.1, 0.15) is 5.82 Å². The number of benzene rings is 1. The van der Waals surface area contributed by atoms with E-state index in [0.717, 1.165) is 10.7 Å². The molecule has 6 heteroatoms. The summed E-state index contributed by atoms with van der Waals surface area (Å²) in [5.74, 6) is -0.221. The first kappa shape index (κ1) is 11.1. The molecular weight excluding hydrogens is 227 g/mol. The number of nitrogens with zero attached hydrogens (tertiary/aromatic N) is 4. The molecule has 0 saturated carbocycles. The Morgan fingerprint density at radius 3 is 2.56 bits per heavy atom. The zero-order chi connectivity index (χ0) is 11.5. The lowest BCUT2D eigenvalue weighted by atomic mass is 10.2. The molecule has 0 bridgehead atoms. The number of thioether (sulfide) groups is 1. The Labute approximate surface area is 96.9 Å². The first-order valence-corrected chi connectivity index (χ1v) is 5.69. The van der Waals surface area contributed by atoms with Crippen LogP contribution in [0.25, 0.3) is 0 Å². The molecule has 0 radical (unpaired) electrons. The smallest absolute Gasteiger partial charge is 0.209 e. The van der Waals surface area contributed by atoms with Crippen molar-refractivity contribution in [2.75, 3.05) is 0 Å². The van der Waals surface area contributed by atoms with E-state index < -0.39 is 0 Å². The Balaban J connectivity index is 2.11. The van der Waals surface area contributed by atoms with Crippen molar-refractivity contribution in [3.05, 3.63) is 35.6 Å². The van der Waals surface area contributed by atoms with Gasteiger partial charge in [-0.3, -0.25) is 0 Å². The van der Waals surface area contributed by atoms with Crippen LogP contribution in [0, 0.1) is 5.82 Å². The van der Waals surface area contributed by atoms with Crippen molar-refractivity contribution in [2.24, 2.45) is 7.05 Å². The maximum Gasteiger partial charge on any atom is 0.209 e. The van der Waals surface area contributed by atoms with Crippen LogP contribution in [0.5, 0.6) is 0 Å². The van der Waals surface area contributed by atoms with Gasteiger partial charge in [0.05, 0.1) is 0 Å². The summed E-state index contributed by atoms with van der Waals surface area (Å²) in [6, 6.07) is 6.47. The summed E-state index contributed by atoms with van der Waals surface area (Å²) in [5, 5.41) is 12.1. The molecule has 1 heterocycles. The zero-order valence-electron chi connectivity index (χ0n) is 8.96. The molecule has 0 aliphatic heterocycles. The van der Waals surface area contributed by atoms with Crippen molar-refractivity contribution in [3.63, 3.8) is 0 Å². The van der Waals surface area contributed by atoms with Crippen molar-refractivity contribution >= 4 is 11.8 Å². The average Bonchev–Trinajstić information content (AvgIpc) is 2.65. The standard InChI is InChI=1S/C10H11FN4S/c1-7(8-3-5-9(11)6-4-8)16-10-12-13-14-15(10)2/h3-7H,1-2H3. The number of rotatable bonds is 3. The highest BCUT2D eigenvalue weighted by Gasteiger charge is 2.11. The summed E-state index contributed by atoms with van der Waals surface area (Å²) < 4.78 is 14.4. The van der Waals surface area contributed by atoms with Crippen LogP contribution < -0.4 is 0 Å². The lowest BCUT2D eigenvalue weighted by Gasteiger charge is -2.09. The van der Waals surface area contributed by atoms with Gasteiger partial charge in [-0.1, -0.05) is 23.9 Å². The van der Waals surface area contributed by atoms with Gasteiger partial charge < -0.3 is 0 Å². The molecule has 84 valence electrons. The van der Waals surface area contributed by atoms with E-state index in [9.17, 15) is 4.39 Å². The molecule has 1 unspecified atom stereocenters. The number of aromatic nitrogens is 4. The molecule has 2 aromatic rings. The van der Waals surface area contributed by atoms with Gasteiger partial charge in [-0.15, -0.1) is 5.10 Å². The van der Waals surface area contributed by atoms with E-state index in [2.05, 4.69) is 15.5 Å². The number of aryl methyl sites for hydroxylation is 1. The normalized spacial score (nSPS) is 12.7. The summed E-state index contributed by atoms with van der Waals surface area (Å²) in [5.41, 5.74) is 1.05. The number of tetrazole rings is 1. The molecule has 1 atom stereocenters. The fourth-order valence-corrected chi connectivity index (χ4v) is 2.16. The van der Waals surface area contributed by atoms with Crippen molar-refractivity contribution in [2.45, 2.75) is 17.3 Å². The topological polar surface area (TPSA) is 43.6 Å². The average molecular weight is 238 g/mol. The van der Waals surface area contributed by atoms with Crippen LogP contribution in [0.15, 0.2) is 29.4 Å². The maximum absolute atomic E-state index is 12.7. The molecule has 4 nitrogen and oxygen atoms in total. The van der Waals surface area contributed by atoms with Gasteiger partial charge in [-0.05, 0) is 35.0 Å². The zero-order valence-corrected chi connectivity index (χ0v) is 9.78. The van der Waals surface area contributed by atoms with Crippen LogP contribution in [0.3, 0.4) is 0 Å². The number of halogens is 1. The summed E-state index contributed by atoms with van der Waals surface area (Å²) in [7, 11) is 1.79. The summed E-state index contributed by atoms with van der Waals surface area (Å²) in [6.45, 7) is 2.03. The first-order valence-electron chi connectivity index (χ1n) is 4.81. The van der Waals surface area contributed by atoms with Crippen LogP contribution in [0.4, 0.5) is 4.39 Å². The first-order chi connectivity index (χ1) is 7.66. The van der Waals surface area contributed by atoms with E-state index in [1.165, 1.54) is 12.1 Å². The predicted octanol–water partition coefficient (Wildman–Crippen LogP) is 2.20. The number of hydrogen-bond acceptors (Lipinski definition) is 4. The highest BCUT2D eigenvalue weighted by atomic mass is 32.2. The molecule has 1 aromatic carbocycles. The quantitative estimate of drug-likeness (QED) is 0.769. The highest BCUT2D eigenvalue weighted by molar-refractivity contribution is 7.99. The van der Waals surface area contributed by atoms with Gasteiger partial charge in [0.2, 0.25) is 5.16 Å². The van der Waals surface area contributed by atoms with E-state index >= 15 is 0 Å². The van der Waals surface area contributed by atoms with Crippen molar-refractivity contribution in [1.82, 2.24) is 20.2 Å². The Kier molecular flexibility index (Phi) is 3.19. The summed E-state index contributed by atoms with van der Waals surface area (Å²) in [6.07, 6.45) is 0. The minimum atomic E-state index is -0.221. The Morgan fingerprint density at radius 1 is 1.31 bits per heavy atom. The van der Waals surface area contributed by atoms with E-state index in [0.29, 0.717) is 0 Å². The van der Waals surface area contributed by atoms with Gasteiger partial charge in [0.25, 0.3) is 0 Å². The predicted molar refractivity (Wildman–Crippen MR) is 59.5 cm³/mol. The van der Waals surface area contributed by atoms with E-state index in [4.69, 9.17) is 0 Å². The highest BCUT2D eigenvalue weighted by Crippen LogP contribution is 2.32. The van der Waals surface area contributed by atoms with Crippen molar-refractivity contribution in [1.29, 1.82) is 0 Å². The third kappa shape index (κ3) is 2.38. The fraction of sp³-hybridized carbons (Fsp3) is 0.300. The molecule has 0 N–H and O–H groups in total. The van der Waals surface area contributed by atoms with Gasteiger partial charge in [-0.25, -0.2) is 9.07 Å². The monoisotopic (exact) mass is 238 g/mol. The molecule has 0 fully saturated rings. The van der Waals surface area contributed by atoms with Crippen LogP contribution >= 0.6 is 11.8 Å². The molecule has 0 aliphatic carbocycles.